The monoisotopic (exact) mass is 272 g/mol. The van der Waals surface area contributed by atoms with Gasteiger partial charge < -0.3 is 0 Å². The van der Waals surface area contributed by atoms with Crippen LogP contribution in [0.25, 0.3) is 27.6 Å². The first-order chi connectivity index (χ1) is 10.4. The van der Waals surface area contributed by atoms with E-state index in [1.165, 1.54) is 0 Å². The van der Waals surface area contributed by atoms with E-state index >= 15 is 0 Å². The molecule has 0 spiro atoms. The second-order valence-corrected chi connectivity index (χ2v) is 4.89. The molecule has 4 rings (SSSR count). The van der Waals surface area contributed by atoms with Gasteiger partial charge in [0.05, 0.1) is 10.9 Å². The number of aromatic nitrogens is 2. The average molecular weight is 272 g/mol. The van der Waals surface area contributed by atoms with Crippen LogP contribution in [0.1, 0.15) is 0 Å². The number of rotatable bonds is 1. The molecule has 4 aromatic rings. The summed E-state index contributed by atoms with van der Waals surface area (Å²) in [6, 6.07) is 21.3. The number of hydrogen-bond acceptors (Lipinski definition) is 2. The van der Waals surface area contributed by atoms with Crippen molar-refractivity contribution in [2.75, 3.05) is 0 Å². The lowest BCUT2D eigenvalue weighted by Crippen LogP contribution is -2.11. The van der Waals surface area contributed by atoms with Crippen LogP contribution in [0.3, 0.4) is 0 Å². The highest BCUT2D eigenvalue weighted by Crippen LogP contribution is 2.21. The Bertz CT molecular complexity index is 944. The highest BCUT2D eigenvalue weighted by Gasteiger charge is 2.11. The van der Waals surface area contributed by atoms with Gasteiger partial charge in [0.25, 0.3) is 0 Å². The van der Waals surface area contributed by atoms with E-state index in [1.54, 1.807) is 12.3 Å². The van der Waals surface area contributed by atoms with Crippen LogP contribution in [0.4, 0.5) is 0 Å². The van der Waals surface area contributed by atoms with Crippen LogP contribution in [0, 0.1) is 0 Å². The number of para-hydroxylation sites is 2. The number of pyridine rings is 2. The third-order valence-electron chi connectivity index (χ3n) is 3.65. The quantitative estimate of drug-likeness (QED) is 0.497. The molecule has 3 nitrogen and oxygen atoms in total. The molecule has 0 atom stereocenters. The van der Waals surface area contributed by atoms with Crippen molar-refractivity contribution in [2.45, 2.75) is 0 Å². The van der Waals surface area contributed by atoms with E-state index in [4.69, 9.17) is 0 Å². The van der Waals surface area contributed by atoms with E-state index in [2.05, 4.69) is 4.98 Å². The number of benzene rings is 2. The minimum atomic E-state index is 0.0286. The van der Waals surface area contributed by atoms with Crippen molar-refractivity contribution in [2.24, 2.45) is 0 Å². The standard InChI is InChI=1S/C18H12N2O/c21-17-14-9-4-5-11-16(14)20(13-7-2-1-3-8-13)18-15(17)10-6-12-19-18/h1-12H. The fourth-order valence-electron chi connectivity index (χ4n) is 2.71. The number of nitrogens with zero attached hydrogens (tertiary/aromatic N) is 2. The molecule has 2 aromatic heterocycles. The first kappa shape index (κ1) is 11.9. The Morgan fingerprint density at radius 2 is 1.48 bits per heavy atom. The second-order valence-electron chi connectivity index (χ2n) is 4.89. The van der Waals surface area contributed by atoms with Gasteiger partial charge in [-0.15, -0.1) is 0 Å². The lowest BCUT2D eigenvalue weighted by atomic mass is 10.1. The molecule has 2 aromatic carbocycles. The lowest BCUT2D eigenvalue weighted by Gasteiger charge is -2.14. The molecule has 0 aliphatic carbocycles. The van der Waals surface area contributed by atoms with Gasteiger partial charge in [-0.2, -0.15) is 0 Å². The Hall–Kier alpha value is -2.94. The van der Waals surface area contributed by atoms with Gasteiger partial charge >= 0.3 is 0 Å². The van der Waals surface area contributed by atoms with E-state index in [1.807, 2.05) is 65.2 Å². The van der Waals surface area contributed by atoms with Crippen molar-refractivity contribution < 1.29 is 0 Å². The summed E-state index contributed by atoms with van der Waals surface area (Å²) in [4.78, 5) is 17.0. The van der Waals surface area contributed by atoms with Gasteiger partial charge in [0, 0.05) is 17.3 Å². The predicted molar refractivity (Wildman–Crippen MR) is 84.8 cm³/mol. The molecule has 0 unspecified atom stereocenters. The molecule has 0 bridgehead atoms. The Balaban J connectivity index is 2.31. The second kappa shape index (κ2) is 4.56. The molecular formula is C18H12N2O. The van der Waals surface area contributed by atoms with E-state index < -0.39 is 0 Å². The van der Waals surface area contributed by atoms with Crippen LogP contribution in [-0.2, 0) is 0 Å². The first-order valence-corrected chi connectivity index (χ1v) is 6.80. The van der Waals surface area contributed by atoms with Crippen LogP contribution >= 0.6 is 0 Å². The van der Waals surface area contributed by atoms with Gasteiger partial charge in [0.1, 0.15) is 5.65 Å². The molecule has 0 N–H and O–H groups in total. The van der Waals surface area contributed by atoms with Crippen molar-refractivity contribution in [3.8, 4) is 5.69 Å². The zero-order chi connectivity index (χ0) is 14.2. The Labute approximate surface area is 121 Å². The first-order valence-electron chi connectivity index (χ1n) is 6.80. The van der Waals surface area contributed by atoms with E-state index in [0.29, 0.717) is 16.4 Å². The van der Waals surface area contributed by atoms with Gasteiger partial charge in [0.15, 0.2) is 5.43 Å². The van der Waals surface area contributed by atoms with Crippen molar-refractivity contribution in [3.63, 3.8) is 0 Å². The van der Waals surface area contributed by atoms with Gasteiger partial charge in [-0.1, -0.05) is 30.3 Å². The predicted octanol–water partition coefficient (Wildman–Crippen LogP) is 3.54. The average Bonchev–Trinajstić information content (AvgIpc) is 2.56. The zero-order valence-electron chi connectivity index (χ0n) is 11.2. The van der Waals surface area contributed by atoms with E-state index in [-0.39, 0.29) is 5.43 Å². The minimum absolute atomic E-state index is 0.0286. The largest absolute Gasteiger partial charge is 0.294 e. The third kappa shape index (κ3) is 1.75. The third-order valence-corrected chi connectivity index (χ3v) is 3.65. The molecule has 0 fully saturated rings. The summed E-state index contributed by atoms with van der Waals surface area (Å²) in [7, 11) is 0. The summed E-state index contributed by atoms with van der Waals surface area (Å²) in [5.41, 5.74) is 2.59. The van der Waals surface area contributed by atoms with Crippen molar-refractivity contribution in [1.82, 2.24) is 9.55 Å². The van der Waals surface area contributed by atoms with Crippen LogP contribution in [0.15, 0.2) is 77.7 Å². The minimum Gasteiger partial charge on any atom is -0.294 e. The molecule has 0 aliphatic heterocycles. The summed E-state index contributed by atoms with van der Waals surface area (Å²) in [5.74, 6) is 0. The SMILES string of the molecule is O=c1c2ccccc2n(-c2ccccc2)c2ncccc12. The highest BCUT2D eigenvalue weighted by molar-refractivity contribution is 5.93. The van der Waals surface area contributed by atoms with Gasteiger partial charge in [0.2, 0.25) is 0 Å². The maximum atomic E-state index is 12.6. The van der Waals surface area contributed by atoms with Gasteiger partial charge in [-0.25, -0.2) is 4.98 Å². The molecule has 0 saturated heterocycles. The van der Waals surface area contributed by atoms with Crippen molar-refractivity contribution in [3.05, 3.63) is 83.2 Å². The maximum Gasteiger partial charge on any atom is 0.198 e. The summed E-state index contributed by atoms with van der Waals surface area (Å²) in [5, 5.41) is 1.35. The molecular weight excluding hydrogens is 260 g/mol. The molecule has 0 radical (unpaired) electrons. The Morgan fingerprint density at radius 1 is 0.762 bits per heavy atom. The molecule has 3 heteroatoms. The molecule has 2 heterocycles. The topological polar surface area (TPSA) is 34.9 Å². The van der Waals surface area contributed by atoms with Crippen LogP contribution in [0.5, 0.6) is 0 Å². The van der Waals surface area contributed by atoms with Crippen molar-refractivity contribution in [1.29, 1.82) is 0 Å². The number of fused-ring (bicyclic) bond motifs is 2. The fraction of sp³-hybridized carbons (Fsp3) is 0. The summed E-state index contributed by atoms with van der Waals surface area (Å²) >= 11 is 0. The molecule has 0 aliphatic rings. The normalized spacial score (nSPS) is 11.0. The summed E-state index contributed by atoms with van der Waals surface area (Å²) < 4.78 is 2.03. The smallest absolute Gasteiger partial charge is 0.198 e. The Morgan fingerprint density at radius 3 is 2.33 bits per heavy atom. The van der Waals surface area contributed by atoms with E-state index in [0.717, 1.165) is 11.2 Å². The van der Waals surface area contributed by atoms with Gasteiger partial charge in [-0.05, 0) is 36.4 Å². The van der Waals surface area contributed by atoms with Crippen LogP contribution < -0.4 is 5.43 Å². The number of hydrogen-bond donors (Lipinski definition) is 0. The Kier molecular flexibility index (Phi) is 2.57. The summed E-state index contributed by atoms with van der Waals surface area (Å²) in [6.45, 7) is 0. The highest BCUT2D eigenvalue weighted by atomic mass is 16.1. The lowest BCUT2D eigenvalue weighted by molar-refractivity contribution is 1.12. The van der Waals surface area contributed by atoms with Crippen LogP contribution in [0.2, 0.25) is 0 Å². The van der Waals surface area contributed by atoms with Gasteiger partial charge in [-0.3, -0.25) is 9.36 Å². The van der Waals surface area contributed by atoms with Crippen molar-refractivity contribution >= 4 is 21.9 Å². The zero-order valence-corrected chi connectivity index (χ0v) is 11.2. The molecule has 0 saturated carbocycles. The summed E-state index contributed by atoms with van der Waals surface area (Å²) in [6.07, 6.45) is 1.72. The van der Waals surface area contributed by atoms with Crippen LogP contribution in [-0.4, -0.2) is 9.55 Å². The maximum absolute atomic E-state index is 12.6. The molecule has 21 heavy (non-hydrogen) atoms. The van der Waals surface area contributed by atoms with E-state index in [9.17, 15) is 4.79 Å². The molecule has 0 amide bonds. The fourth-order valence-corrected chi connectivity index (χ4v) is 2.71. The molecule has 100 valence electrons.